The van der Waals surface area contributed by atoms with Gasteiger partial charge in [-0.3, -0.25) is 4.79 Å². The molecule has 0 saturated carbocycles. The third kappa shape index (κ3) is 2.89. The van der Waals surface area contributed by atoms with Crippen molar-refractivity contribution >= 4 is 11.7 Å². The maximum absolute atomic E-state index is 11.6. The predicted molar refractivity (Wildman–Crippen MR) is 110 cm³/mol. The van der Waals surface area contributed by atoms with E-state index in [2.05, 4.69) is 67.7 Å². The van der Waals surface area contributed by atoms with Gasteiger partial charge in [-0.1, -0.05) is 54.1 Å². The van der Waals surface area contributed by atoms with Crippen LogP contribution in [-0.2, 0) is 17.8 Å². The summed E-state index contributed by atoms with van der Waals surface area (Å²) in [6, 6.07) is 16.8. The topological polar surface area (TPSA) is 49.3 Å². The summed E-state index contributed by atoms with van der Waals surface area (Å²) in [4.78, 5) is 11.6. The van der Waals surface area contributed by atoms with Gasteiger partial charge < -0.3 is 10.4 Å². The number of aryl methyl sites for hydroxylation is 1. The van der Waals surface area contributed by atoms with E-state index in [1.54, 1.807) is 0 Å². The van der Waals surface area contributed by atoms with Crippen molar-refractivity contribution in [3.8, 4) is 22.3 Å². The van der Waals surface area contributed by atoms with Crippen LogP contribution in [0.3, 0.4) is 0 Å². The SMILES string of the molecule is Cc1ccc(-c2c(C)c3c(c(C)c2CC(=O)O)NCc2ccccc2-3)cc1. The molecule has 0 unspecified atom stereocenters. The molecule has 0 aliphatic carbocycles. The highest BCUT2D eigenvalue weighted by Crippen LogP contribution is 2.46. The second kappa shape index (κ2) is 6.58. The molecule has 1 aliphatic heterocycles. The summed E-state index contributed by atoms with van der Waals surface area (Å²) < 4.78 is 0. The average molecular weight is 357 g/mol. The molecular formula is C24H23NO2. The lowest BCUT2D eigenvalue weighted by Gasteiger charge is -2.29. The lowest BCUT2D eigenvalue weighted by atomic mass is 9.81. The zero-order valence-corrected chi connectivity index (χ0v) is 15.9. The van der Waals surface area contributed by atoms with Gasteiger partial charge in [0.15, 0.2) is 0 Å². The van der Waals surface area contributed by atoms with E-state index in [0.717, 1.165) is 40.0 Å². The van der Waals surface area contributed by atoms with Crippen LogP contribution in [-0.4, -0.2) is 11.1 Å². The van der Waals surface area contributed by atoms with E-state index < -0.39 is 5.97 Å². The number of hydrogen-bond acceptors (Lipinski definition) is 2. The third-order valence-electron chi connectivity index (χ3n) is 5.54. The Labute approximate surface area is 159 Å². The van der Waals surface area contributed by atoms with Crippen LogP contribution in [0.5, 0.6) is 0 Å². The maximum Gasteiger partial charge on any atom is 0.307 e. The molecule has 2 N–H and O–H groups in total. The van der Waals surface area contributed by atoms with Crippen molar-refractivity contribution in [1.29, 1.82) is 0 Å². The first kappa shape index (κ1) is 17.3. The van der Waals surface area contributed by atoms with Gasteiger partial charge in [0.1, 0.15) is 0 Å². The molecule has 0 radical (unpaired) electrons. The second-order valence-corrected chi connectivity index (χ2v) is 7.30. The summed E-state index contributed by atoms with van der Waals surface area (Å²) in [6.45, 7) is 6.98. The Bertz CT molecular complexity index is 1050. The molecule has 3 heteroatoms. The van der Waals surface area contributed by atoms with E-state index in [0.29, 0.717) is 0 Å². The zero-order chi connectivity index (χ0) is 19.1. The van der Waals surface area contributed by atoms with Crippen molar-refractivity contribution in [2.24, 2.45) is 0 Å². The van der Waals surface area contributed by atoms with Crippen LogP contribution in [0.2, 0.25) is 0 Å². The van der Waals surface area contributed by atoms with Gasteiger partial charge in [0.2, 0.25) is 0 Å². The van der Waals surface area contributed by atoms with Gasteiger partial charge in [0.25, 0.3) is 0 Å². The summed E-state index contributed by atoms with van der Waals surface area (Å²) >= 11 is 0. The van der Waals surface area contributed by atoms with E-state index in [-0.39, 0.29) is 6.42 Å². The van der Waals surface area contributed by atoms with Crippen molar-refractivity contribution < 1.29 is 9.90 Å². The first-order chi connectivity index (χ1) is 13.0. The fourth-order valence-electron chi connectivity index (χ4n) is 4.21. The van der Waals surface area contributed by atoms with Crippen molar-refractivity contribution in [3.05, 3.63) is 76.3 Å². The van der Waals surface area contributed by atoms with Crippen LogP contribution >= 0.6 is 0 Å². The fourth-order valence-corrected chi connectivity index (χ4v) is 4.21. The van der Waals surface area contributed by atoms with E-state index >= 15 is 0 Å². The summed E-state index contributed by atoms with van der Waals surface area (Å²) in [5.74, 6) is -0.804. The minimum absolute atomic E-state index is 0.0203. The van der Waals surface area contributed by atoms with Crippen molar-refractivity contribution in [2.75, 3.05) is 5.32 Å². The fraction of sp³-hybridized carbons (Fsp3) is 0.208. The molecule has 0 spiro atoms. The molecule has 136 valence electrons. The summed E-state index contributed by atoms with van der Waals surface area (Å²) in [5, 5.41) is 13.1. The molecule has 0 aromatic heterocycles. The van der Waals surface area contributed by atoms with Crippen LogP contribution in [0.4, 0.5) is 5.69 Å². The molecule has 0 amide bonds. The molecule has 0 bridgehead atoms. The molecule has 0 fully saturated rings. The number of carboxylic acid groups (broad SMARTS) is 1. The monoisotopic (exact) mass is 357 g/mol. The van der Waals surface area contributed by atoms with Crippen molar-refractivity contribution in [1.82, 2.24) is 0 Å². The van der Waals surface area contributed by atoms with E-state index in [4.69, 9.17) is 0 Å². The molecule has 1 aliphatic rings. The highest BCUT2D eigenvalue weighted by molar-refractivity contribution is 5.95. The number of anilines is 1. The minimum Gasteiger partial charge on any atom is -0.481 e. The van der Waals surface area contributed by atoms with E-state index in [9.17, 15) is 9.90 Å². The minimum atomic E-state index is -0.804. The maximum atomic E-state index is 11.6. The molecule has 3 aromatic rings. The van der Waals surface area contributed by atoms with Crippen LogP contribution in [0.15, 0.2) is 48.5 Å². The van der Waals surface area contributed by atoms with Gasteiger partial charge in [-0.15, -0.1) is 0 Å². The molecule has 27 heavy (non-hydrogen) atoms. The quantitative estimate of drug-likeness (QED) is 0.651. The number of benzene rings is 3. The normalized spacial score (nSPS) is 12.1. The van der Waals surface area contributed by atoms with Crippen LogP contribution < -0.4 is 5.32 Å². The molecule has 0 saturated heterocycles. The van der Waals surface area contributed by atoms with Gasteiger partial charge in [0, 0.05) is 17.8 Å². The Balaban J connectivity index is 2.07. The number of carbonyl (C=O) groups is 1. The predicted octanol–water partition coefficient (Wildman–Crippen LogP) is 5.50. The first-order valence-corrected chi connectivity index (χ1v) is 9.24. The first-order valence-electron chi connectivity index (χ1n) is 9.24. The highest BCUT2D eigenvalue weighted by atomic mass is 16.4. The average Bonchev–Trinajstić information content (AvgIpc) is 2.66. The number of fused-ring (bicyclic) bond motifs is 3. The van der Waals surface area contributed by atoms with Gasteiger partial charge in [0.05, 0.1) is 6.42 Å². The van der Waals surface area contributed by atoms with Crippen LogP contribution in [0.1, 0.15) is 27.8 Å². The Morgan fingerprint density at radius 3 is 2.37 bits per heavy atom. The Morgan fingerprint density at radius 2 is 1.67 bits per heavy atom. The lowest BCUT2D eigenvalue weighted by Crippen LogP contribution is -2.15. The standard InChI is InChI=1S/C24H23NO2/c1-14-8-10-17(11-9-14)22-16(3)23-19-7-5-4-6-18(19)13-25-24(23)15(2)20(22)12-21(26)27/h4-11,25H,12-13H2,1-3H3,(H,26,27). The van der Waals surface area contributed by atoms with Gasteiger partial charge in [-0.05, 0) is 59.7 Å². The number of aliphatic carboxylic acids is 1. The third-order valence-corrected chi connectivity index (χ3v) is 5.54. The molecule has 3 nitrogen and oxygen atoms in total. The van der Waals surface area contributed by atoms with Gasteiger partial charge in [-0.2, -0.15) is 0 Å². The largest absolute Gasteiger partial charge is 0.481 e. The molecular weight excluding hydrogens is 334 g/mol. The number of rotatable bonds is 3. The number of hydrogen-bond donors (Lipinski definition) is 2. The Hall–Kier alpha value is -3.07. The van der Waals surface area contributed by atoms with Crippen molar-refractivity contribution in [3.63, 3.8) is 0 Å². The van der Waals surface area contributed by atoms with Crippen LogP contribution in [0, 0.1) is 20.8 Å². The van der Waals surface area contributed by atoms with E-state index in [1.807, 2.05) is 6.92 Å². The summed E-state index contributed by atoms with van der Waals surface area (Å²) in [5.41, 5.74) is 11.1. The Kier molecular flexibility index (Phi) is 4.23. The summed E-state index contributed by atoms with van der Waals surface area (Å²) in [6.07, 6.45) is 0.0203. The Morgan fingerprint density at radius 1 is 0.963 bits per heavy atom. The zero-order valence-electron chi connectivity index (χ0n) is 15.9. The lowest BCUT2D eigenvalue weighted by molar-refractivity contribution is -0.136. The molecule has 0 atom stereocenters. The molecule has 4 rings (SSSR count). The summed E-state index contributed by atoms with van der Waals surface area (Å²) in [7, 11) is 0. The molecule has 1 heterocycles. The number of nitrogens with one attached hydrogen (secondary N) is 1. The van der Waals surface area contributed by atoms with E-state index in [1.165, 1.54) is 22.3 Å². The van der Waals surface area contributed by atoms with Gasteiger partial charge >= 0.3 is 5.97 Å². The van der Waals surface area contributed by atoms with Crippen molar-refractivity contribution in [2.45, 2.75) is 33.7 Å². The van der Waals surface area contributed by atoms with Gasteiger partial charge in [-0.25, -0.2) is 0 Å². The highest BCUT2D eigenvalue weighted by Gasteiger charge is 2.26. The second-order valence-electron chi connectivity index (χ2n) is 7.30. The smallest absolute Gasteiger partial charge is 0.307 e. The molecule has 3 aromatic carbocycles. The number of carboxylic acids is 1. The van der Waals surface area contributed by atoms with Crippen LogP contribution in [0.25, 0.3) is 22.3 Å².